The van der Waals surface area contributed by atoms with Crippen molar-refractivity contribution in [1.82, 2.24) is 4.98 Å². The Morgan fingerprint density at radius 2 is 1.95 bits per heavy atom. The van der Waals surface area contributed by atoms with Crippen molar-refractivity contribution in [2.45, 2.75) is 15.0 Å². The molecule has 3 rings (SSSR count). The van der Waals surface area contributed by atoms with Crippen molar-refractivity contribution in [3.63, 3.8) is 0 Å². The molecule has 2 aromatic carbocycles. The van der Waals surface area contributed by atoms with Crippen LogP contribution in [0.1, 0.15) is 0 Å². The lowest BCUT2D eigenvalue weighted by Gasteiger charge is -2.03. The van der Waals surface area contributed by atoms with Gasteiger partial charge in [-0.05, 0) is 42.1 Å². The zero-order valence-electron chi connectivity index (χ0n) is 10.5. The fraction of sp³-hybridized carbons (Fsp3) is 0. The summed E-state index contributed by atoms with van der Waals surface area (Å²) < 4.78 is 28.1. The lowest BCUT2D eigenvalue weighted by molar-refractivity contribution is 0.489. The second-order valence-electron chi connectivity index (χ2n) is 4.19. The molecular formula is C13H9ClN2O3S2. The van der Waals surface area contributed by atoms with Gasteiger partial charge in [0.25, 0.3) is 5.22 Å². The van der Waals surface area contributed by atoms with E-state index < -0.39 is 10.0 Å². The first kappa shape index (κ1) is 14.4. The van der Waals surface area contributed by atoms with Gasteiger partial charge in [0, 0.05) is 4.90 Å². The van der Waals surface area contributed by atoms with Crippen LogP contribution in [-0.2, 0) is 10.0 Å². The van der Waals surface area contributed by atoms with Crippen molar-refractivity contribution < 1.29 is 12.8 Å². The number of nitrogens with zero attached hydrogens (tertiary/aromatic N) is 1. The van der Waals surface area contributed by atoms with E-state index in [1.807, 2.05) is 24.3 Å². The monoisotopic (exact) mass is 340 g/mol. The Kier molecular flexibility index (Phi) is 3.66. The van der Waals surface area contributed by atoms with Crippen LogP contribution >= 0.6 is 23.4 Å². The van der Waals surface area contributed by atoms with Crippen LogP contribution in [0.2, 0.25) is 5.02 Å². The van der Waals surface area contributed by atoms with Crippen LogP contribution in [0, 0.1) is 0 Å². The minimum atomic E-state index is -3.77. The summed E-state index contributed by atoms with van der Waals surface area (Å²) in [5, 5.41) is 5.76. The second-order valence-corrected chi connectivity index (χ2v) is 7.15. The number of nitrogens with two attached hydrogens (primary N) is 1. The van der Waals surface area contributed by atoms with Gasteiger partial charge in [-0.3, -0.25) is 0 Å². The molecule has 0 atom stereocenters. The number of hydrogen-bond acceptors (Lipinski definition) is 5. The van der Waals surface area contributed by atoms with Crippen molar-refractivity contribution >= 4 is 44.5 Å². The van der Waals surface area contributed by atoms with Gasteiger partial charge < -0.3 is 4.42 Å². The van der Waals surface area contributed by atoms with Crippen LogP contribution in [0.4, 0.5) is 0 Å². The highest BCUT2D eigenvalue weighted by Crippen LogP contribution is 2.35. The quantitative estimate of drug-likeness (QED) is 0.790. The van der Waals surface area contributed by atoms with E-state index in [-0.39, 0.29) is 9.92 Å². The SMILES string of the molecule is NS(=O)(=O)c1ccc(Sc2nc3ccccc3o2)c(Cl)c1. The minimum Gasteiger partial charge on any atom is -0.431 e. The Bertz CT molecular complexity index is 889. The maximum atomic E-state index is 11.3. The first-order valence-corrected chi connectivity index (χ1v) is 8.53. The van der Waals surface area contributed by atoms with Crippen LogP contribution in [-0.4, -0.2) is 13.4 Å². The topological polar surface area (TPSA) is 86.2 Å². The summed E-state index contributed by atoms with van der Waals surface area (Å²) >= 11 is 7.29. The first-order chi connectivity index (χ1) is 9.93. The molecule has 5 nitrogen and oxygen atoms in total. The molecule has 0 radical (unpaired) electrons. The fourth-order valence-corrected chi connectivity index (χ4v) is 3.39. The summed E-state index contributed by atoms with van der Waals surface area (Å²) in [6.45, 7) is 0. The van der Waals surface area contributed by atoms with Crippen LogP contribution < -0.4 is 5.14 Å². The number of oxazole rings is 1. The molecule has 3 aromatic rings. The van der Waals surface area contributed by atoms with Gasteiger partial charge in [0.2, 0.25) is 10.0 Å². The van der Waals surface area contributed by atoms with Crippen molar-refractivity contribution in [3.8, 4) is 0 Å². The van der Waals surface area contributed by atoms with E-state index in [9.17, 15) is 8.42 Å². The Labute approximate surface area is 130 Å². The molecule has 0 aliphatic rings. The summed E-state index contributed by atoms with van der Waals surface area (Å²) in [5.74, 6) is 0. The summed E-state index contributed by atoms with van der Waals surface area (Å²) in [7, 11) is -3.77. The van der Waals surface area contributed by atoms with E-state index in [1.165, 1.54) is 23.9 Å². The Morgan fingerprint density at radius 3 is 2.62 bits per heavy atom. The van der Waals surface area contributed by atoms with Crippen LogP contribution in [0.25, 0.3) is 11.1 Å². The maximum absolute atomic E-state index is 11.3. The number of fused-ring (bicyclic) bond motifs is 1. The van der Waals surface area contributed by atoms with E-state index in [0.29, 0.717) is 15.7 Å². The third-order valence-electron chi connectivity index (χ3n) is 2.70. The zero-order chi connectivity index (χ0) is 15.0. The van der Waals surface area contributed by atoms with Crippen LogP contribution in [0.5, 0.6) is 0 Å². The van der Waals surface area contributed by atoms with Gasteiger partial charge in [0.05, 0.1) is 9.92 Å². The van der Waals surface area contributed by atoms with Crippen LogP contribution in [0.15, 0.2) is 61.9 Å². The van der Waals surface area contributed by atoms with Crippen molar-refractivity contribution in [1.29, 1.82) is 0 Å². The van der Waals surface area contributed by atoms with E-state index in [2.05, 4.69) is 4.98 Å². The Morgan fingerprint density at radius 1 is 1.19 bits per heavy atom. The third kappa shape index (κ3) is 3.06. The number of halogens is 1. The lowest BCUT2D eigenvalue weighted by atomic mass is 10.3. The molecular weight excluding hydrogens is 332 g/mol. The van der Waals surface area contributed by atoms with Gasteiger partial charge in [-0.2, -0.15) is 0 Å². The molecule has 0 spiro atoms. The molecule has 2 N–H and O–H groups in total. The predicted molar refractivity (Wildman–Crippen MR) is 81.0 cm³/mol. The Balaban J connectivity index is 1.94. The molecule has 0 amide bonds. The molecule has 0 saturated heterocycles. The van der Waals surface area contributed by atoms with E-state index in [4.69, 9.17) is 21.2 Å². The standard InChI is InChI=1S/C13H9ClN2O3S2/c14-9-7-8(21(15,17)18)5-6-12(9)20-13-16-10-3-1-2-4-11(10)19-13/h1-7H,(H2,15,17,18). The van der Waals surface area contributed by atoms with E-state index in [0.717, 1.165) is 5.52 Å². The van der Waals surface area contributed by atoms with Crippen molar-refractivity contribution in [2.75, 3.05) is 0 Å². The smallest absolute Gasteiger partial charge is 0.261 e. The molecule has 108 valence electrons. The average Bonchev–Trinajstić information content (AvgIpc) is 2.82. The molecule has 0 unspecified atom stereocenters. The van der Waals surface area contributed by atoms with E-state index in [1.54, 1.807) is 6.07 Å². The Hall–Kier alpha value is -1.54. The zero-order valence-corrected chi connectivity index (χ0v) is 12.9. The summed E-state index contributed by atoms with van der Waals surface area (Å²) in [6.07, 6.45) is 0. The maximum Gasteiger partial charge on any atom is 0.261 e. The number of rotatable bonds is 3. The number of primary sulfonamides is 1. The minimum absolute atomic E-state index is 0.0329. The first-order valence-electron chi connectivity index (χ1n) is 5.79. The molecule has 0 aliphatic heterocycles. The van der Waals surface area contributed by atoms with Crippen molar-refractivity contribution in [2.24, 2.45) is 5.14 Å². The number of para-hydroxylation sites is 2. The molecule has 21 heavy (non-hydrogen) atoms. The molecule has 1 aromatic heterocycles. The highest BCUT2D eigenvalue weighted by atomic mass is 35.5. The molecule has 0 saturated carbocycles. The predicted octanol–water partition coefficient (Wildman–Crippen LogP) is 3.28. The van der Waals surface area contributed by atoms with Crippen molar-refractivity contribution in [3.05, 3.63) is 47.5 Å². The summed E-state index contributed by atoms with van der Waals surface area (Å²) in [5.41, 5.74) is 1.43. The van der Waals surface area contributed by atoms with Gasteiger partial charge >= 0.3 is 0 Å². The third-order valence-corrected chi connectivity index (χ3v) is 4.96. The van der Waals surface area contributed by atoms with Gasteiger partial charge in [0.15, 0.2) is 5.58 Å². The van der Waals surface area contributed by atoms with Gasteiger partial charge in [-0.25, -0.2) is 18.5 Å². The molecule has 1 heterocycles. The summed E-state index contributed by atoms with van der Waals surface area (Å²) in [6, 6.07) is 11.7. The van der Waals surface area contributed by atoms with Crippen LogP contribution in [0.3, 0.4) is 0 Å². The van der Waals surface area contributed by atoms with Gasteiger partial charge in [-0.15, -0.1) is 0 Å². The highest BCUT2D eigenvalue weighted by Gasteiger charge is 2.13. The number of benzene rings is 2. The summed E-state index contributed by atoms with van der Waals surface area (Å²) in [4.78, 5) is 4.92. The highest BCUT2D eigenvalue weighted by molar-refractivity contribution is 7.99. The number of hydrogen-bond donors (Lipinski definition) is 1. The largest absolute Gasteiger partial charge is 0.431 e. The number of aromatic nitrogens is 1. The lowest BCUT2D eigenvalue weighted by Crippen LogP contribution is -2.11. The fourth-order valence-electron chi connectivity index (χ4n) is 1.73. The van der Waals surface area contributed by atoms with E-state index >= 15 is 0 Å². The normalized spacial score (nSPS) is 11.9. The second kappa shape index (κ2) is 5.34. The average molecular weight is 341 g/mol. The van der Waals surface area contributed by atoms with Gasteiger partial charge in [-0.1, -0.05) is 23.7 Å². The molecule has 0 aliphatic carbocycles. The molecule has 0 bridgehead atoms. The molecule has 0 fully saturated rings. The molecule has 8 heteroatoms. The van der Waals surface area contributed by atoms with Gasteiger partial charge in [0.1, 0.15) is 5.52 Å². The number of sulfonamides is 1.